The van der Waals surface area contributed by atoms with E-state index in [9.17, 15) is 13.6 Å². The van der Waals surface area contributed by atoms with E-state index < -0.39 is 11.6 Å². The Hall–Kier alpha value is -3.16. The van der Waals surface area contributed by atoms with Gasteiger partial charge < -0.3 is 5.32 Å². The quantitative estimate of drug-likeness (QED) is 0.716. The Balaban J connectivity index is 1.57. The van der Waals surface area contributed by atoms with Crippen LogP contribution in [0.3, 0.4) is 0 Å². The van der Waals surface area contributed by atoms with Crippen LogP contribution in [0.1, 0.15) is 31.7 Å². The molecule has 0 bridgehead atoms. The van der Waals surface area contributed by atoms with Crippen LogP contribution in [0.5, 0.6) is 0 Å². The fourth-order valence-corrected chi connectivity index (χ4v) is 2.47. The number of carbonyl (C=O) groups is 1. The van der Waals surface area contributed by atoms with Crippen LogP contribution in [0.15, 0.2) is 42.5 Å². The van der Waals surface area contributed by atoms with Crippen molar-refractivity contribution in [3.05, 3.63) is 59.7 Å². The second kappa shape index (κ2) is 8.03. The summed E-state index contributed by atoms with van der Waals surface area (Å²) in [5.74, 6) is -1.42. The Morgan fingerprint density at radius 3 is 2.52 bits per heavy atom. The zero-order valence-corrected chi connectivity index (χ0v) is 15.0. The third-order valence-corrected chi connectivity index (χ3v) is 4.03. The lowest BCUT2D eigenvalue weighted by molar-refractivity contribution is -0.116. The highest BCUT2D eigenvalue weighted by molar-refractivity contribution is 5.90. The van der Waals surface area contributed by atoms with Crippen molar-refractivity contribution in [3.8, 4) is 11.4 Å². The summed E-state index contributed by atoms with van der Waals surface area (Å²) in [5.41, 5.74) is 2.26. The number of nitrogens with zero attached hydrogens (tertiary/aromatic N) is 4. The van der Waals surface area contributed by atoms with Crippen LogP contribution in [0.4, 0.5) is 14.5 Å². The average molecular weight is 371 g/mol. The van der Waals surface area contributed by atoms with E-state index in [1.165, 1.54) is 16.4 Å². The number of hydrogen-bond donors (Lipinski definition) is 1. The van der Waals surface area contributed by atoms with Gasteiger partial charge in [0, 0.05) is 23.7 Å². The zero-order chi connectivity index (χ0) is 19.4. The molecule has 0 spiro atoms. The van der Waals surface area contributed by atoms with Crippen LogP contribution in [0.2, 0.25) is 0 Å². The van der Waals surface area contributed by atoms with Crippen LogP contribution in [0.25, 0.3) is 11.4 Å². The molecule has 0 atom stereocenters. The van der Waals surface area contributed by atoms with Gasteiger partial charge in [0.15, 0.2) is 11.6 Å². The molecule has 2 aromatic carbocycles. The highest BCUT2D eigenvalue weighted by Gasteiger charge is 2.10. The predicted molar refractivity (Wildman–Crippen MR) is 96.9 cm³/mol. The molecule has 0 aliphatic rings. The number of anilines is 1. The minimum absolute atomic E-state index is 0.0705. The minimum Gasteiger partial charge on any atom is -0.326 e. The standard InChI is InChI=1S/C19H19F2N5O/c1-12(2)13-3-5-14(6-4-13)19-23-25-26(24-19)10-9-18(27)22-15-7-8-16(20)17(21)11-15/h3-8,11-12H,9-10H2,1-2H3,(H,22,27). The maximum Gasteiger partial charge on any atom is 0.226 e. The molecule has 0 aliphatic heterocycles. The average Bonchev–Trinajstić information content (AvgIpc) is 3.12. The summed E-state index contributed by atoms with van der Waals surface area (Å²) in [4.78, 5) is 13.3. The van der Waals surface area contributed by atoms with Crippen LogP contribution >= 0.6 is 0 Å². The predicted octanol–water partition coefficient (Wildman–Crippen LogP) is 3.77. The normalized spacial score (nSPS) is 11.0. The molecule has 27 heavy (non-hydrogen) atoms. The van der Waals surface area contributed by atoms with E-state index in [4.69, 9.17) is 0 Å². The number of benzene rings is 2. The lowest BCUT2D eigenvalue weighted by Gasteiger charge is -2.05. The summed E-state index contributed by atoms with van der Waals surface area (Å²) in [6, 6.07) is 11.1. The monoisotopic (exact) mass is 371 g/mol. The Morgan fingerprint density at radius 1 is 1.11 bits per heavy atom. The molecule has 8 heteroatoms. The molecule has 1 amide bonds. The highest BCUT2D eigenvalue weighted by atomic mass is 19.2. The smallest absolute Gasteiger partial charge is 0.226 e. The number of amides is 1. The van der Waals surface area contributed by atoms with E-state index in [1.807, 2.05) is 24.3 Å². The largest absolute Gasteiger partial charge is 0.326 e. The number of rotatable bonds is 6. The molecule has 140 valence electrons. The number of halogens is 2. The van der Waals surface area contributed by atoms with Crippen LogP contribution in [-0.4, -0.2) is 26.1 Å². The number of hydrogen-bond acceptors (Lipinski definition) is 4. The molecule has 1 heterocycles. The van der Waals surface area contributed by atoms with E-state index in [1.54, 1.807) is 0 Å². The third-order valence-electron chi connectivity index (χ3n) is 4.03. The van der Waals surface area contributed by atoms with Gasteiger partial charge in [-0.05, 0) is 28.8 Å². The number of carbonyl (C=O) groups excluding carboxylic acids is 1. The van der Waals surface area contributed by atoms with Crippen molar-refractivity contribution in [2.75, 3.05) is 5.32 Å². The molecule has 0 radical (unpaired) electrons. The van der Waals surface area contributed by atoms with Crippen LogP contribution in [-0.2, 0) is 11.3 Å². The minimum atomic E-state index is -1.01. The van der Waals surface area contributed by atoms with E-state index >= 15 is 0 Å². The Morgan fingerprint density at radius 2 is 1.85 bits per heavy atom. The van der Waals surface area contributed by atoms with E-state index in [0.29, 0.717) is 11.7 Å². The molecule has 1 aromatic heterocycles. The maximum atomic E-state index is 13.2. The zero-order valence-electron chi connectivity index (χ0n) is 15.0. The molecule has 3 aromatic rings. The first-order valence-electron chi connectivity index (χ1n) is 8.55. The first kappa shape index (κ1) is 18.6. The summed E-state index contributed by atoms with van der Waals surface area (Å²) in [6.07, 6.45) is 0.0705. The molecule has 0 saturated carbocycles. The van der Waals surface area contributed by atoms with Crippen molar-refractivity contribution in [2.45, 2.75) is 32.7 Å². The van der Waals surface area contributed by atoms with E-state index in [2.05, 4.69) is 34.6 Å². The van der Waals surface area contributed by atoms with Crippen molar-refractivity contribution in [1.29, 1.82) is 0 Å². The molecule has 6 nitrogen and oxygen atoms in total. The van der Waals surface area contributed by atoms with Crippen molar-refractivity contribution in [3.63, 3.8) is 0 Å². The molecule has 3 rings (SSSR count). The summed E-state index contributed by atoms with van der Waals surface area (Å²) < 4.78 is 26.0. The van der Waals surface area contributed by atoms with Gasteiger partial charge in [0.05, 0.1) is 6.54 Å². The molecule has 0 unspecified atom stereocenters. The lowest BCUT2D eigenvalue weighted by Crippen LogP contribution is -2.16. The SMILES string of the molecule is CC(C)c1ccc(-c2nnn(CCC(=O)Nc3ccc(F)c(F)c3)n2)cc1. The number of tetrazole rings is 1. The van der Waals surface area contributed by atoms with Gasteiger partial charge in [-0.15, -0.1) is 10.2 Å². The lowest BCUT2D eigenvalue weighted by atomic mass is 10.0. The van der Waals surface area contributed by atoms with Crippen LogP contribution < -0.4 is 5.32 Å². The number of aryl methyl sites for hydroxylation is 1. The molecular weight excluding hydrogens is 352 g/mol. The first-order chi connectivity index (χ1) is 12.9. The fraction of sp³-hybridized carbons (Fsp3) is 0.263. The van der Waals surface area contributed by atoms with Gasteiger partial charge in [0.1, 0.15) is 0 Å². The number of nitrogens with one attached hydrogen (secondary N) is 1. The molecule has 0 aliphatic carbocycles. The second-order valence-corrected chi connectivity index (χ2v) is 6.41. The van der Waals surface area contributed by atoms with Gasteiger partial charge in [-0.25, -0.2) is 8.78 Å². The molecular formula is C19H19F2N5O. The first-order valence-corrected chi connectivity index (χ1v) is 8.55. The van der Waals surface area contributed by atoms with Crippen molar-refractivity contribution < 1.29 is 13.6 Å². The van der Waals surface area contributed by atoms with Gasteiger partial charge in [-0.3, -0.25) is 4.79 Å². The van der Waals surface area contributed by atoms with Gasteiger partial charge in [-0.1, -0.05) is 38.1 Å². The Bertz CT molecular complexity index is 938. The van der Waals surface area contributed by atoms with Crippen molar-refractivity contribution in [2.24, 2.45) is 0 Å². The fourth-order valence-electron chi connectivity index (χ4n) is 2.47. The van der Waals surface area contributed by atoms with Gasteiger partial charge in [0.2, 0.25) is 11.7 Å². The highest BCUT2D eigenvalue weighted by Crippen LogP contribution is 2.19. The maximum absolute atomic E-state index is 13.2. The summed E-state index contributed by atoms with van der Waals surface area (Å²) in [5, 5.41) is 14.7. The summed E-state index contributed by atoms with van der Waals surface area (Å²) in [6.45, 7) is 4.45. The molecule has 0 fully saturated rings. The van der Waals surface area contributed by atoms with Crippen LogP contribution in [0, 0.1) is 11.6 Å². The number of aromatic nitrogens is 4. The van der Waals surface area contributed by atoms with E-state index in [0.717, 1.165) is 17.7 Å². The van der Waals surface area contributed by atoms with Gasteiger partial charge in [0.25, 0.3) is 0 Å². The second-order valence-electron chi connectivity index (χ2n) is 6.41. The van der Waals surface area contributed by atoms with Crippen molar-refractivity contribution in [1.82, 2.24) is 20.2 Å². The summed E-state index contributed by atoms with van der Waals surface area (Å²) in [7, 11) is 0. The van der Waals surface area contributed by atoms with E-state index in [-0.39, 0.29) is 24.6 Å². The van der Waals surface area contributed by atoms with Gasteiger partial charge in [-0.2, -0.15) is 4.80 Å². The topological polar surface area (TPSA) is 72.7 Å². The van der Waals surface area contributed by atoms with Gasteiger partial charge >= 0.3 is 0 Å². The molecule has 1 N–H and O–H groups in total. The third kappa shape index (κ3) is 4.72. The Kier molecular flexibility index (Phi) is 5.54. The Labute approximate surface area is 155 Å². The van der Waals surface area contributed by atoms with Crippen molar-refractivity contribution >= 4 is 11.6 Å². The summed E-state index contributed by atoms with van der Waals surface area (Å²) >= 11 is 0. The molecule has 0 saturated heterocycles.